The number of nitrogens with two attached hydrogens (primary N) is 1. The lowest BCUT2D eigenvalue weighted by atomic mass is 10.0. The molecule has 0 radical (unpaired) electrons. The van der Waals surface area contributed by atoms with E-state index in [1.54, 1.807) is 0 Å². The number of amides is 1. The Labute approximate surface area is 114 Å². The molecule has 110 valence electrons. The minimum atomic E-state index is -4.60. The zero-order chi connectivity index (χ0) is 14.9. The van der Waals surface area contributed by atoms with Gasteiger partial charge in [0.2, 0.25) is 0 Å². The van der Waals surface area contributed by atoms with Crippen molar-refractivity contribution in [3.8, 4) is 0 Å². The summed E-state index contributed by atoms with van der Waals surface area (Å²) in [6, 6.07) is 3.11. The molecule has 7 heteroatoms. The highest BCUT2D eigenvalue weighted by molar-refractivity contribution is 5.95. The van der Waals surface area contributed by atoms with Crippen LogP contribution in [0.4, 0.5) is 18.9 Å². The molecule has 0 spiro atoms. The number of aliphatic hydroxyl groups is 1. The number of nitrogens with zero attached hydrogens (tertiary/aromatic N) is 1. The van der Waals surface area contributed by atoms with Gasteiger partial charge in [-0.15, -0.1) is 0 Å². The van der Waals surface area contributed by atoms with E-state index in [1.807, 2.05) is 0 Å². The Morgan fingerprint density at radius 2 is 2.10 bits per heavy atom. The first-order valence-electron chi connectivity index (χ1n) is 6.23. The molecule has 0 saturated carbocycles. The van der Waals surface area contributed by atoms with Gasteiger partial charge in [-0.2, -0.15) is 13.2 Å². The number of aliphatic hydroxyl groups excluding tert-OH is 1. The van der Waals surface area contributed by atoms with Crippen LogP contribution >= 0.6 is 0 Å². The summed E-state index contributed by atoms with van der Waals surface area (Å²) in [6.45, 7) is 0.576. The van der Waals surface area contributed by atoms with E-state index >= 15 is 0 Å². The summed E-state index contributed by atoms with van der Waals surface area (Å²) in [6.07, 6.45) is -3.99. The average molecular weight is 288 g/mol. The molecule has 1 amide bonds. The van der Waals surface area contributed by atoms with Gasteiger partial charge in [0.1, 0.15) is 0 Å². The predicted molar refractivity (Wildman–Crippen MR) is 67.0 cm³/mol. The number of nitrogen functional groups attached to an aromatic ring is 1. The molecule has 1 aliphatic heterocycles. The summed E-state index contributed by atoms with van der Waals surface area (Å²) in [5, 5.41) is 9.51. The van der Waals surface area contributed by atoms with Crippen LogP contribution < -0.4 is 5.73 Å². The number of piperidine rings is 1. The molecule has 3 N–H and O–H groups in total. The fourth-order valence-electron chi connectivity index (χ4n) is 2.26. The van der Waals surface area contributed by atoms with Crippen molar-refractivity contribution < 1.29 is 23.1 Å². The van der Waals surface area contributed by atoms with E-state index < -0.39 is 29.4 Å². The maximum atomic E-state index is 12.8. The van der Waals surface area contributed by atoms with E-state index in [2.05, 4.69) is 0 Å². The lowest BCUT2D eigenvalue weighted by Gasteiger charge is -2.30. The van der Waals surface area contributed by atoms with Gasteiger partial charge < -0.3 is 15.7 Å². The largest absolute Gasteiger partial charge is 0.418 e. The lowest BCUT2D eigenvalue weighted by molar-refractivity contribution is -0.136. The van der Waals surface area contributed by atoms with Gasteiger partial charge in [0.25, 0.3) is 5.91 Å². The third-order valence-corrected chi connectivity index (χ3v) is 3.29. The number of alkyl halides is 3. The van der Waals surface area contributed by atoms with Crippen LogP contribution in [0.5, 0.6) is 0 Å². The van der Waals surface area contributed by atoms with Crippen LogP contribution in [0.2, 0.25) is 0 Å². The molecule has 4 nitrogen and oxygen atoms in total. The summed E-state index contributed by atoms with van der Waals surface area (Å²) in [7, 11) is 0. The number of halogens is 3. The van der Waals surface area contributed by atoms with E-state index in [4.69, 9.17) is 5.73 Å². The Bertz CT molecular complexity index is 517. The van der Waals surface area contributed by atoms with Gasteiger partial charge >= 0.3 is 6.18 Å². The molecule has 1 unspecified atom stereocenters. The predicted octanol–water partition coefficient (Wildman–Crippen LogP) is 1.88. The van der Waals surface area contributed by atoms with Gasteiger partial charge in [-0.1, -0.05) is 0 Å². The topological polar surface area (TPSA) is 66.6 Å². The normalized spacial score (nSPS) is 20.0. The Hall–Kier alpha value is -1.76. The number of benzene rings is 1. The van der Waals surface area contributed by atoms with Gasteiger partial charge in [0, 0.05) is 24.3 Å². The van der Waals surface area contributed by atoms with Crippen molar-refractivity contribution in [1.29, 1.82) is 0 Å². The van der Waals surface area contributed by atoms with Gasteiger partial charge in [-0.3, -0.25) is 4.79 Å². The zero-order valence-electron chi connectivity index (χ0n) is 10.7. The van der Waals surface area contributed by atoms with Crippen LogP contribution in [0.3, 0.4) is 0 Å². The molecule has 0 bridgehead atoms. The summed E-state index contributed by atoms with van der Waals surface area (Å²) < 4.78 is 38.3. The van der Waals surface area contributed by atoms with Crippen molar-refractivity contribution in [2.75, 3.05) is 18.8 Å². The van der Waals surface area contributed by atoms with Crippen LogP contribution in [0.25, 0.3) is 0 Å². The maximum Gasteiger partial charge on any atom is 0.418 e. The summed E-state index contributed by atoms with van der Waals surface area (Å²) in [4.78, 5) is 13.5. The standard InChI is InChI=1S/C13H15F3N2O2/c14-13(15,16)10-6-8(3-4-11(10)17)12(20)18-5-1-2-9(19)7-18/h3-4,6,9,19H,1-2,5,7,17H2. The Kier molecular flexibility index (Phi) is 3.89. The first-order valence-corrected chi connectivity index (χ1v) is 6.23. The molecule has 2 rings (SSSR count). The molecule has 1 saturated heterocycles. The average Bonchev–Trinajstić information content (AvgIpc) is 2.37. The van der Waals surface area contributed by atoms with Gasteiger partial charge in [0.05, 0.1) is 11.7 Å². The number of hydrogen-bond donors (Lipinski definition) is 2. The minimum Gasteiger partial charge on any atom is -0.398 e. The minimum absolute atomic E-state index is 0.0689. The molecular formula is C13H15F3N2O2. The van der Waals surface area contributed by atoms with Gasteiger partial charge in [-0.25, -0.2) is 0 Å². The quantitative estimate of drug-likeness (QED) is 0.775. The van der Waals surface area contributed by atoms with Crippen molar-refractivity contribution in [2.24, 2.45) is 0 Å². The second kappa shape index (κ2) is 5.32. The fraction of sp³-hybridized carbons (Fsp3) is 0.462. The van der Waals surface area contributed by atoms with Crippen molar-refractivity contribution in [2.45, 2.75) is 25.1 Å². The molecule has 0 aliphatic carbocycles. The van der Waals surface area contributed by atoms with Crippen molar-refractivity contribution in [3.63, 3.8) is 0 Å². The molecule has 1 heterocycles. The fourth-order valence-corrected chi connectivity index (χ4v) is 2.26. The first kappa shape index (κ1) is 14.6. The number of hydrogen-bond acceptors (Lipinski definition) is 3. The molecule has 1 atom stereocenters. The van der Waals surface area contributed by atoms with E-state index in [0.29, 0.717) is 19.4 Å². The third kappa shape index (κ3) is 3.04. The maximum absolute atomic E-state index is 12.8. The number of carbonyl (C=O) groups excluding carboxylic acids is 1. The number of β-amino-alcohol motifs (C(OH)–C–C–N with tert-alkyl or cyclic N) is 1. The van der Waals surface area contributed by atoms with Crippen LogP contribution in [-0.4, -0.2) is 35.1 Å². The summed E-state index contributed by atoms with van der Waals surface area (Å²) in [5.41, 5.74) is 3.80. The van der Waals surface area contributed by atoms with Gasteiger partial charge in [-0.05, 0) is 31.0 Å². The number of likely N-dealkylation sites (tertiary alicyclic amines) is 1. The van der Waals surface area contributed by atoms with Crippen LogP contribution in [0.15, 0.2) is 18.2 Å². The van der Waals surface area contributed by atoms with Crippen molar-refractivity contribution in [3.05, 3.63) is 29.3 Å². The number of rotatable bonds is 1. The Morgan fingerprint density at radius 1 is 1.40 bits per heavy atom. The molecular weight excluding hydrogens is 273 g/mol. The monoisotopic (exact) mass is 288 g/mol. The van der Waals surface area contributed by atoms with E-state index in [-0.39, 0.29) is 12.1 Å². The molecule has 20 heavy (non-hydrogen) atoms. The zero-order valence-corrected chi connectivity index (χ0v) is 10.7. The first-order chi connectivity index (χ1) is 9.29. The van der Waals surface area contributed by atoms with Crippen LogP contribution in [0.1, 0.15) is 28.8 Å². The Morgan fingerprint density at radius 3 is 2.70 bits per heavy atom. The van der Waals surface area contributed by atoms with E-state index in [0.717, 1.165) is 12.1 Å². The highest BCUT2D eigenvalue weighted by Crippen LogP contribution is 2.34. The molecule has 1 aromatic rings. The number of carbonyl (C=O) groups is 1. The summed E-state index contributed by atoms with van der Waals surface area (Å²) in [5.74, 6) is -0.519. The van der Waals surface area contributed by atoms with E-state index in [9.17, 15) is 23.1 Å². The van der Waals surface area contributed by atoms with Crippen LogP contribution in [0, 0.1) is 0 Å². The SMILES string of the molecule is Nc1ccc(C(=O)N2CCCC(O)C2)cc1C(F)(F)F. The second-order valence-corrected chi connectivity index (χ2v) is 4.85. The van der Waals surface area contributed by atoms with E-state index in [1.165, 1.54) is 11.0 Å². The highest BCUT2D eigenvalue weighted by Gasteiger charge is 2.34. The van der Waals surface area contributed by atoms with Gasteiger partial charge in [0.15, 0.2) is 0 Å². The summed E-state index contributed by atoms with van der Waals surface area (Å²) >= 11 is 0. The Balaban J connectivity index is 2.26. The van der Waals surface area contributed by atoms with Crippen molar-refractivity contribution >= 4 is 11.6 Å². The lowest BCUT2D eigenvalue weighted by Crippen LogP contribution is -2.42. The van der Waals surface area contributed by atoms with Crippen molar-refractivity contribution in [1.82, 2.24) is 4.90 Å². The van der Waals surface area contributed by atoms with Crippen LogP contribution in [-0.2, 0) is 6.18 Å². The molecule has 1 aliphatic rings. The molecule has 1 aromatic carbocycles. The molecule has 0 aromatic heterocycles. The smallest absolute Gasteiger partial charge is 0.398 e. The number of anilines is 1. The highest BCUT2D eigenvalue weighted by atomic mass is 19.4. The third-order valence-electron chi connectivity index (χ3n) is 3.29. The molecule has 1 fully saturated rings. The second-order valence-electron chi connectivity index (χ2n) is 4.85.